The second-order valence-corrected chi connectivity index (χ2v) is 7.52. The summed E-state index contributed by atoms with van der Waals surface area (Å²) in [5.41, 5.74) is 2.78. The minimum Gasteiger partial charge on any atom is -0.481 e. The third kappa shape index (κ3) is 4.17. The summed E-state index contributed by atoms with van der Waals surface area (Å²) in [6.45, 7) is 1.98. The smallest absolute Gasteiger partial charge is 0.263 e. The molecule has 1 amide bonds. The second kappa shape index (κ2) is 8.22. The van der Waals surface area contributed by atoms with Gasteiger partial charge in [-0.3, -0.25) is 4.79 Å². The Balaban J connectivity index is 1.68. The molecule has 0 saturated heterocycles. The highest BCUT2D eigenvalue weighted by Crippen LogP contribution is 2.27. The van der Waals surface area contributed by atoms with Crippen LogP contribution in [-0.2, 0) is 17.6 Å². The maximum absolute atomic E-state index is 12.9. The van der Waals surface area contributed by atoms with Crippen LogP contribution in [0.5, 0.6) is 5.75 Å². The van der Waals surface area contributed by atoms with Crippen molar-refractivity contribution >= 4 is 5.91 Å². The van der Waals surface area contributed by atoms with Gasteiger partial charge in [0.25, 0.3) is 5.91 Å². The van der Waals surface area contributed by atoms with Crippen LogP contribution in [0.2, 0.25) is 0 Å². The number of amides is 1. The van der Waals surface area contributed by atoms with Crippen molar-refractivity contribution in [3.8, 4) is 5.75 Å². The Hall–Kier alpha value is -1.55. The Bertz CT molecular complexity index is 601. The van der Waals surface area contributed by atoms with E-state index < -0.39 is 12.2 Å². The van der Waals surface area contributed by atoms with Crippen LogP contribution in [0.25, 0.3) is 0 Å². The van der Waals surface area contributed by atoms with E-state index in [1.54, 1.807) is 11.9 Å². The molecule has 1 fully saturated rings. The van der Waals surface area contributed by atoms with Crippen LogP contribution in [0.4, 0.5) is 0 Å². The summed E-state index contributed by atoms with van der Waals surface area (Å²) in [4.78, 5) is 14.6. The van der Waals surface area contributed by atoms with Crippen molar-refractivity contribution in [2.24, 2.45) is 0 Å². The SMILES string of the molecule is CCC(Oc1ccc2c(c1)CCCC2)C(=O)N(C)[C@@H]1CCCC[C@H]1O. The van der Waals surface area contributed by atoms with E-state index in [9.17, 15) is 9.90 Å². The molecule has 1 aromatic rings. The number of nitrogens with zero attached hydrogens (tertiary/aromatic N) is 1. The summed E-state index contributed by atoms with van der Waals surface area (Å²) in [5.74, 6) is 0.768. The van der Waals surface area contributed by atoms with Gasteiger partial charge in [0.2, 0.25) is 0 Å². The predicted octanol–water partition coefficient (Wildman–Crippen LogP) is 3.48. The Morgan fingerprint density at radius 3 is 2.64 bits per heavy atom. The first-order valence-corrected chi connectivity index (χ1v) is 9.83. The minimum absolute atomic E-state index is 0.0221. The highest BCUT2D eigenvalue weighted by Gasteiger charge is 2.33. The molecule has 0 bridgehead atoms. The fourth-order valence-corrected chi connectivity index (χ4v) is 4.19. The van der Waals surface area contributed by atoms with Gasteiger partial charge in [0.15, 0.2) is 6.10 Å². The minimum atomic E-state index is -0.485. The third-order valence-electron chi connectivity index (χ3n) is 5.78. The average Bonchev–Trinajstić information content (AvgIpc) is 2.65. The van der Waals surface area contributed by atoms with Crippen LogP contribution in [0.3, 0.4) is 0 Å². The highest BCUT2D eigenvalue weighted by molar-refractivity contribution is 5.81. The molecule has 1 N–H and O–H groups in total. The summed E-state index contributed by atoms with van der Waals surface area (Å²) < 4.78 is 6.07. The number of aliphatic hydroxyl groups is 1. The molecule has 1 saturated carbocycles. The number of hydrogen-bond acceptors (Lipinski definition) is 3. The molecule has 25 heavy (non-hydrogen) atoms. The van der Waals surface area contributed by atoms with Gasteiger partial charge in [0.05, 0.1) is 12.1 Å². The van der Waals surface area contributed by atoms with Gasteiger partial charge in [-0.2, -0.15) is 0 Å². The van der Waals surface area contributed by atoms with Crippen LogP contribution in [0.1, 0.15) is 63.0 Å². The number of hydrogen-bond donors (Lipinski definition) is 1. The zero-order valence-corrected chi connectivity index (χ0v) is 15.5. The number of aryl methyl sites for hydroxylation is 2. The molecule has 3 atom stereocenters. The van der Waals surface area contributed by atoms with Gasteiger partial charge in [-0.05, 0) is 68.2 Å². The molecule has 1 unspecified atom stereocenters. The van der Waals surface area contributed by atoms with Crippen LogP contribution in [0, 0.1) is 0 Å². The van der Waals surface area contributed by atoms with Crippen LogP contribution < -0.4 is 4.74 Å². The molecule has 0 radical (unpaired) electrons. The third-order valence-corrected chi connectivity index (χ3v) is 5.78. The van der Waals surface area contributed by atoms with E-state index in [2.05, 4.69) is 12.1 Å². The summed E-state index contributed by atoms with van der Waals surface area (Å²) in [6.07, 6.45) is 8.24. The second-order valence-electron chi connectivity index (χ2n) is 7.52. The molecular weight excluding hydrogens is 314 g/mol. The molecular formula is C21H31NO3. The lowest BCUT2D eigenvalue weighted by Crippen LogP contribution is -2.50. The first kappa shape index (κ1) is 18.2. The van der Waals surface area contributed by atoms with E-state index in [0.717, 1.165) is 44.3 Å². The molecule has 2 aliphatic carbocycles. The lowest BCUT2D eigenvalue weighted by molar-refractivity contribution is -0.143. The van der Waals surface area contributed by atoms with Crippen LogP contribution in [-0.4, -0.2) is 41.2 Å². The molecule has 0 aliphatic heterocycles. The van der Waals surface area contributed by atoms with Crippen LogP contribution in [0.15, 0.2) is 18.2 Å². The van der Waals surface area contributed by atoms with E-state index in [-0.39, 0.29) is 11.9 Å². The first-order chi connectivity index (χ1) is 12.1. The molecule has 0 heterocycles. The van der Waals surface area contributed by atoms with E-state index >= 15 is 0 Å². The average molecular weight is 345 g/mol. The highest BCUT2D eigenvalue weighted by atomic mass is 16.5. The topological polar surface area (TPSA) is 49.8 Å². The summed E-state index contributed by atoms with van der Waals surface area (Å²) in [7, 11) is 1.81. The van der Waals surface area contributed by atoms with Gasteiger partial charge in [0, 0.05) is 7.05 Å². The number of ether oxygens (including phenoxy) is 1. The maximum Gasteiger partial charge on any atom is 0.263 e. The maximum atomic E-state index is 12.9. The largest absolute Gasteiger partial charge is 0.481 e. The molecule has 1 aromatic carbocycles. The molecule has 0 spiro atoms. The number of fused-ring (bicyclic) bond motifs is 1. The molecule has 0 aromatic heterocycles. The fraction of sp³-hybridized carbons (Fsp3) is 0.667. The summed E-state index contributed by atoms with van der Waals surface area (Å²) in [6, 6.07) is 6.17. The molecule has 4 nitrogen and oxygen atoms in total. The van der Waals surface area contributed by atoms with Gasteiger partial charge >= 0.3 is 0 Å². The van der Waals surface area contributed by atoms with Gasteiger partial charge in [-0.1, -0.05) is 25.8 Å². The Kier molecular flexibility index (Phi) is 6.00. The number of likely N-dealkylation sites (N-methyl/N-ethyl adjacent to an activating group) is 1. The molecule has 138 valence electrons. The van der Waals surface area contributed by atoms with E-state index in [0.29, 0.717) is 6.42 Å². The number of benzene rings is 1. The number of aliphatic hydroxyl groups excluding tert-OH is 1. The zero-order valence-electron chi connectivity index (χ0n) is 15.5. The van der Waals surface area contributed by atoms with Crippen molar-refractivity contribution in [3.05, 3.63) is 29.3 Å². The first-order valence-electron chi connectivity index (χ1n) is 9.83. The zero-order chi connectivity index (χ0) is 17.8. The van der Waals surface area contributed by atoms with Crippen molar-refractivity contribution < 1.29 is 14.6 Å². The number of rotatable bonds is 5. The van der Waals surface area contributed by atoms with Crippen molar-refractivity contribution in [2.45, 2.75) is 83.0 Å². The van der Waals surface area contributed by atoms with Gasteiger partial charge in [-0.25, -0.2) is 0 Å². The van der Waals surface area contributed by atoms with Gasteiger partial charge < -0.3 is 14.7 Å². The Labute approximate surface area is 151 Å². The van der Waals surface area contributed by atoms with E-state index in [4.69, 9.17) is 4.74 Å². The standard InChI is InChI=1S/C21H31NO3/c1-3-20(21(24)22(2)18-10-6-7-11-19(18)23)25-17-13-12-15-8-4-5-9-16(15)14-17/h12-14,18-20,23H,3-11H2,1-2H3/t18-,19-,20?/m1/s1. The molecule has 2 aliphatic rings. The van der Waals surface area contributed by atoms with Crippen molar-refractivity contribution in [1.82, 2.24) is 4.90 Å². The lowest BCUT2D eigenvalue weighted by atomic mass is 9.91. The number of carbonyl (C=O) groups is 1. The van der Waals surface area contributed by atoms with Crippen molar-refractivity contribution in [2.75, 3.05) is 7.05 Å². The Morgan fingerprint density at radius 1 is 1.20 bits per heavy atom. The lowest BCUT2D eigenvalue weighted by Gasteiger charge is -2.36. The van der Waals surface area contributed by atoms with Gasteiger partial charge in [0.1, 0.15) is 5.75 Å². The quantitative estimate of drug-likeness (QED) is 0.889. The van der Waals surface area contributed by atoms with Gasteiger partial charge in [-0.15, -0.1) is 0 Å². The van der Waals surface area contributed by atoms with Crippen molar-refractivity contribution in [1.29, 1.82) is 0 Å². The molecule has 4 heteroatoms. The van der Waals surface area contributed by atoms with Crippen molar-refractivity contribution in [3.63, 3.8) is 0 Å². The van der Waals surface area contributed by atoms with E-state index in [1.165, 1.54) is 24.0 Å². The summed E-state index contributed by atoms with van der Waals surface area (Å²) >= 11 is 0. The fourth-order valence-electron chi connectivity index (χ4n) is 4.19. The Morgan fingerprint density at radius 2 is 1.92 bits per heavy atom. The number of carbonyl (C=O) groups excluding carboxylic acids is 1. The van der Waals surface area contributed by atoms with E-state index in [1.807, 2.05) is 13.0 Å². The summed E-state index contributed by atoms with van der Waals surface area (Å²) in [5, 5.41) is 10.2. The predicted molar refractivity (Wildman–Crippen MR) is 98.8 cm³/mol. The normalized spacial score (nSPS) is 24.3. The molecule has 3 rings (SSSR count). The monoisotopic (exact) mass is 345 g/mol. The van der Waals surface area contributed by atoms with Crippen LogP contribution >= 0.6 is 0 Å².